The molecule has 7 nitrogen and oxygen atoms in total. The van der Waals surface area contributed by atoms with E-state index in [0.717, 1.165) is 19.0 Å². The maximum atomic E-state index is 12.2. The fraction of sp³-hybridized carbons (Fsp3) is 0.500. The average molecular weight is 300 g/mol. The van der Waals surface area contributed by atoms with Crippen molar-refractivity contribution >= 4 is 23.2 Å². The molecule has 108 valence electrons. The summed E-state index contributed by atoms with van der Waals surface area (Å²) in [5.74, 6) is -0.547. The molecular weight excluding hydrogens is 286 g/mol. The number of halogens is 1. The van der Waals surface area contributed by atoms with Crippen LogP contribution < -0.4 is 5.32 Å². The summed E-state index contributed by atoms with van der Waals surface area (Å²) in [6.45, 7) is 2.89. The number of nitrogens with one attached hydrogen (secondary N) is 1. The van der Waals surface area contributed by atoms with E-state index in [4.69, 9.17) is 16.3 Å². The van der Waals surface area contributed by atoms with Gasteiger partial charge in [-0.3, -0.25) is 14.9 Å². The summed E-state index contributed by atoms with van der Waals surface area (Å²) in [6.07, 6.45) is 2.57. The van der Waals surface area contributed by atoms with E-state index in [1.165, 1.54) is 6.07 Å². The van der Waals surface area contributed by atoms with Crippen LogP contribution in [-0.2, 0) is 4.74 Å². The van der Waals surface area contributed by atoms with Gasteiger partial charge < -0.3 is 10.1 Å². The second-order valence-corrected chi connectivity index (χ2v) is 5.34. The zero-order valence-corrected chi connectivity index (χ0v) is 11.6. The minimum Gasteiger partial charge on any atom is -0.379 e. The summed E-state index contributed by atoms with van der Waals surface area (Å²) in [5, 5.41) is 13.7. The van der Waals surface area contributed by atoms with E-state index in [9.17, 15) is 14.9 Å². The molecule has 0 bridgehead atoms. The van der Waals surface area contributed by atoms with Gasteiger partial charge in [0.1, 0.15) is 16.9 Å². The summed E-state index contributed by atoms with van der Waals surface area (Å²) in [6, 6.07) is 1.20. The second kappa shape index (κ2) is 5.72. The van der Waals surface area contributed by atoms with Crippen LogP contribution in [0, 0.1) is 10.1 Å². The van der Waals surface area contributed by atoms with Crippen molar-refractivity contribution in [2.45, 2.75) is 25.3 Å². The monoisotopic (exact) mass is 299 g/mol. The highest BCUT2D eigenvalue weighted by atomic mass is 35.5. The van der Waals surface area contributed by atoms with E-state index in [-0.39, 0.29) is 16.4 Å². The third-order valence-corrected chi connectivity index (χ3v) is 3.35. The average Bonchev–Trinajstić information content (AvgIpc) is 2.38. The highest BCUT2D eigenvalue weighted by Gasteiger charge is 2.32. The van der Waals surface area contributed by atoms with Gasteiger partial charge in [0.2, 0.25) is 0 Å². The Hall–Kier alpha value is -1.73. The molecule has 2 heterocycles. The molecule has 0 spiro atoms. The third-order valence-electron chi connectivity index (χ3n) is 3.14. The first-order chi connectivity index (χ1) is 9.41. The van der Waals surface area contributed by atoms with E-state index in [2.05, 4.69) is 10.3 Å². The van der Waals surface area contributed by atoms with Crippen LogP contribution >= 0.6 is 11.6 Å². The van der Waals surface area contributed by atoms with Gasteiger partial charge in [0.25, 0.3) is 11.6 Å². The first kappa shape index (κ1) is 14.7. The number of amides is 1. The maximum absolute atomic E-state index is 12.2. The Morgan fingerprint density at radius 2 is 2.40 bits per heavy atom. The van der Waals surface area contributed by atoms with Crippen molar-refractivity contribution in [1.82, 2.24) is 10.3 Å². The molecule has 1 aliphatic rings. The predicted octanol–water partition coefficient (Wildman–Crippen LogP) is 1.94. The standard InChI is InChI=1S/C12H14ClN3O4/c1-12(3-2-4-20-7-12)15-11(17)8-5-10(13)14-6-9(8)16(18)19/h5-6H,2-4,7H2,1H3,(H,15,17). The summed E-state index contributed by atoms with van der Waals surface area (Å²) in [5.41, 5.74) is -0.993. The van der Waals surface area contributed by atoms with Crippen LogP contribution in [0.4, 0.5) is 5.69 Å². The van der Waals surface area contributed by atoms with Crippen LogP contribution in [0.5, 0.6) is 0 Å². The number of pyridine rings is 1. The number of nitrogens with zero attached hydrogens (tertiary/aromatic N) is 2. The number of hydrogen-bond donors (Lipinski definition) is 1. The molecule has 0 radical (unpaired) electrons. The van der Waals surface area contributed by atoms with Gasteiger partial charge in [-0.25, -0.2) is 4.98 Å². The molecule has 0 saturated carbocycles. The number of nitro groups is 1. The molecule has 1 amide bonds. The Morgan fingerprint density at radius 1 is 1.65 bits per heavy atom. The van der Waals surface area contributed by atoms with Crippen molar-refractivity contribution in [2.24, 2.45) is 0 Å². The van der Waals surface area contributed by atoms with Gasteiger partial charge in [-0.05, 0) is 25.8 Å². The van der Waals surface area contributed by atoms with E-state index in [0.29, 0.717) is 13.2 Å². The van der Waals surface area contributed by atoms with E-state index in [1.54, 1.807) is 0 Å². The van der Waals surface area contributed by atoms with Gasteiger partial charge in [0, 0.05) is 6.61 Å². The highest BCUT2D eigenvalue weighted by Crippen LogP contribution is 2.23. The van der Waals surface area contributed by atoms with Crippen molar-refractivity contribution in [3.05, 3.63) is 33.1 Å². The quantitative estimate of drug-likeness (QED) is 0.523. The maximum Gasteiger partial charge on any atom is 0.300 e. The van der Waals surface area contributed by atoms with Crippen molar-refractivity contribution in [3.63, 3.8) is 0 Å². The number of carbonyl (C=O) groups excluding carboxylic acids is 1. The van der Waals surface area contributed by atoms with Crippen LogP contribution in [0.3, 0.4) is 0 Å². The molecule has 0 aliphatic carbocycles. The van der Waals surface area contributed by atoms with Gasteiger partial charge >= 0.3 is 0 Å². The summed E-state index contributed by atoms with van der Waals surface area (Å²) < 4.78 is 5.34. The lowest BCUT2D eigenvalue weighted by Gasteiger charge is -2.34. The van der Waals surface area contributed by atoms with Gasteiger partial charge in [0.15, 0.2) is 0 Å². The fourth-order valence-corrected chi connectivity index (χ4v) is 2.28. The lowest BCUT2D eigenvalue weighted by atomic mass is 9.94. The normalized spacial score (nSPS) is 22.3. The lowest BCUT2D eigenvalue weighted by Crippen LogP contribution is -2.51. The molecule has 20 heavy (non-hydrogen) atoms. The van der Waals surface area contributed by atoms with Gasteiger partial charge in [-0.2, -0.15) is 0 Å². The fourth-order valence-electron chi connectivity index (χ4n) is 2.12. The molecule has 1 aromatic heterocycles. The Kier molecular flexibility index (Phi) is 4.20. The SMILES string of the molecule is CC1(NC(=O)c2cc(Cl)ncc2[N+](=O)[O-])CCCOC1. The molecule has 1 fully saturated rings. The van der Waals surface area contributed by atoms with Crippen molar-refractivity contribution in [3.8, 4) is 0 Å². The van der Waals surface area contributed by atoms with Crippen LogP contribution in [0.2, 0.25) is 5.15 Å². The zero-order valence-electron chi connectivity index (χ0n) is 10.9. The van der Waals surface area contributed by atoms with Gasteiger partial charge in [-0.15, -0.1) is 0 Å². The highest BCUT2D eigenvalue weighted by molar-refractivity contribution is 6.29. The van der Waals surface area contributed by atoms with E-state index >= 15 is 0 Å². The number of hydrogen-bond acceptors (Lipinski definition) is 5. The molecule has 8 heteroatoms. The number of aromatic nitrogens is 1. The van der Waals surface area contributed by atoms with Gasteiger partial charge in [-0.1, -0.05) is 11.6 Å². The van der Waals surface area contributed by atoms with Crippen LogP contribution in [0.1, 0.15) is 30.1 Å². The molecule has 0 aromatic carbocycles. The predicted molar refractivity (Wildman–Crippen MR) is 71.8 cm³/mol. The molecule has 1 saturated heterocycles. The van der Waals surface area contributed by atoms with Crippen molar-refractivity contribution in [2.75, 3.05) is 13.2 Å². The Bertz CT molecular complexity index is 544. The van der Waals surface area contributed by atoms with Crippen molar-refractivity contribution in [1.29, 1.82) is 0 Å². The Labute approximate surface area is 120 Å². The van der Waals surface area contributed by atoms with Crippen molar-refractivity contribution < 1.29 is 14.5 Å². The Morgan fingerprint density at radius 3 is 3.00 bits per heavy atom. The molecular formula is C12H14ClN3O4. The Balaban J connectivity index is 2.24. The van der Waals surface area contributed by atoms with Crippen LogP contribution in [0.15, 0.2) is 12.3 Å². The molecule has 1 aliphatic heterocycles. The molecule has 1 unspecified atom stereocenters. The lowest BCUT2D eigenvalue weighted by molar-refractivity contribution is -0.385. The molecule has 1 N–H and O–H groups in total. The summed E-state index contributed by atoms with van der Waals surface area (Å²) >= 11 is 5.70. The van der Waals surface area contributed by atoms with E-state index < -0.39 is 16.4 Å². The molecule has 2 rings (SSSR count). The largest absolute Gasteiger partial charge is 0.379 e. The topological polar surface area (TPSA) is 94.4 Å². The third kappa shape index (κ3) is 3.23. The molecule has 1 atom stereocenters. The second-order valence-electron chi connectivity index (χ2n) is 4.95. The van der Waals surface area contributed by atoms with Crippen LogP contribution in [-0.4, -0.2) is 34.6 Å². The van der Waals surface area contributed by atoms with Gasteiger partial charge in [0.05, 0.1) is 17.1 Å². The number of carbonyl (C=O) groups is 1. The van der Waals surface area contributed by atoms with Crippen LogP contribution in [0.25, 0.3) is 0 Å². The zero-order chi connectivity index (χ0) is 14.8. The summed E-state index contributed by atoms with van der Waals surface area (Å²) in [4.78, 5) is 26.1. The summed E-state index contributed by atoms with van der Waals surface area (Å²) in [7, 11) is 0. The smallest absolute Gasteiger partial charge is 0.300 e. The van der Waals surface area contributed by atoms with E-state index in [1.807, 2.05) is 6.92 Å². The number of rotatable bonds is 3. The first-order valence-corrected chi connectivity index (χ1v) is 6.49. The molecule has 1 aromatic rings. The number of ether oxygens (including phenoxy) is 1. The minimum atomic E-state index is -0.655. The first-order valence-electron chi connectivity index (χ1n) is 6.11. The minimum absolute atomic E-state index is 0.0331.